The minimum atomic E-state index is -1.08. The molecule has 0 bridgehead atoms. The van der Waals surface area contributed by atoms with E-state index in [0.717, 1.165) is 6.54 Å². The Labute approximate surface area is 138 Å². The molecule has 1 amide bonds. The van der Waals surface area contributed by atoms with E-state index in [2.05, 4.69) is 37.9 Å². The zero-order valence-electron chi connectivity index (χ0n) is 14.7. The summed E-state index contributed by atoms with van der Waals surface area (Å²) in [6.07, 6.45) is 1.48. The molecule has 0 spiro atoms. The molecule has 2 heterocycles. The van der Waals surface area contributed by atoms with Gasteiger partial charge in [0.15, 0.2) is 0 Å². The molecule has 2 aliphatic rings. The molecule has 2 rings (SSSR count). The van der Waals surface area contributed by atoms with E-state index in [-0.39, 0.29) is 31.0 Å². The van der Waals surface area contributed by atoms with Gasteiger partial charge in [-0.15, -0.1) is 0 Å². The molecule has 0 aromatic carbocycles. The van der Waals surface area contributed by atoms with Crippen LogP contribution in [0.3, 0.4) is 0 Å². The first-order valence-corrected chi connectivity index (χ1v) is 8.57. The van der Waals surface area contributed by atoms with E-state index >= 15 is 0 Å². The third-order valence-corrected chi connectivity index (χ3v) is 5.15. The lowest BCUT2D eigenvalue weighted by atomic mass is 10.0. The second-order valence-electron chi connectivity index (χ2n) is 7.71. The van der Waals surface area contributed by atoms with Crippen molar-refractivity contribution in [1.29, 1.82) is 5.26 Å². The summed E-state index contributed by atoms with van der Waals surface area (Å²) < 4.78 is 13.4. The van der Waals surface area contributed by atoms with E-state index in [1.54, 1.807) is 0 Å². The van der Waals surface area contributed by atoms with E-state index in [9.17, 15) is 9.18 Å². The van der Waals surface area contributed by atoms with Crippen molar-refractivity contribution >= 4 is 5.91 Å². The topological polar surface area (TPSA) is 59.4 Å². The molecule has 0 unspecified atom stereocenters. The van der Waals surface area contributed by atoms with Crippen molar-refractivity contribution in [3.8, 4) is 6.07 Å². The number of amides is 1. The predicted octanol–water partition coefficient (Wildman–Crippen LogP) is 1.69. The highest BCUT2D eigenvalue weighted by Crippen LogP contribution is 2.25. The second kappa shape index (κ2) is 7.14. The van der Waals surface area contributed by atoms with Crippen LogP contribution < -0.4 is 5.32 Å². The lowest BCUT2D eigenvalue weighted by molar-refractivity contribution is -0.130. The van der Waals surface area contributed by atoms with Crippen LogP contribution in [0.2, 0.25) is 0 Å². The van der Waals surface area contributed by atoms with E-state index in [1.807, 2.05) is 6.07 Å². The van der Waals surface area contributed by atoms with Gasteiger partial charge < -0.3 is 10.2 Å². The molecule has 23 heavy (non-hydrogen) atoms. The molecule has 2 fully saturated rings. The normalized spacial score (nSPS) is 32.3. The summed E-state index contributed by atoms with van der Waals surface area (Å²) in [7, 11) is 0. The minimum absolute atomic E-state index is 0.0410. The number of nitrogens with one attached hydrogen (secondary N) is 1. The van der Waals surface area contributed by atoms with Crippen LogP contribution in [0, 0.1) is 11.3 Å². The molecule has 1 N–H and O–H groups in total. The summed E-state index contributed by atoms with van der Waals surface area (Å²) in [5, 5.41) is 12.3. The first-order valence-electron chi connectivity index (χ1n) is 8.57. The molecule has 5 nitrogen and oxygen atoms in total. The number of hydrogen-bond acceptors (Lipinski definition) is 4. The fourth-order valence-corrected chi connectivity index (χ4v) is 3.67. The molecule has 0 aromatic rings. The molecule has 2 saturated heterocycles. The molecule has 2 aliphatic heterocycles. The fraction of sp³-hybridized carbons (Fsp3) is 0.882. The van der Waals surface area contributed by atoms with Gasteiger partial charge in [0, 0.05) is 30.6 Å². The first kappa shape index (κ1) is 18.2. The average Bonchev–Trinajstić information content (AvgIpc) is 3.01. The Morgan fingerprint density at radius 1 is 1.35 bits per heavy atom. The Kier molecular flexibility index (Phi) is 5.64. The Balaban J connectivity index is 1.86. The van der Waals surface area contributed by atoms with Gasteiger partial charge in [0.25, 0.3) is 0 Å². The third kappa shape index (κ3) is 4.42. The summed E-state index contributed by atoms with van der Waals surface area (Å²) in [5.74, 6) is -0.188. The van der Waals surface area contributed by atoms with E-state index in [1.165, 1.54) is 17.7 Å². The zero-order valence-corrected chi connectivity index (χ0v) is 14.7. The molecule has 4 atom stereocenters. The van der Waals surface area contributed by atoms with Gasteiger partial charge in [0.05, 0.1) is 19.2 Å². The minimum Gasteiger partial charge on any atom is -0.323 e. The van der Waals surface area contributed by atoms with Crippen molar-refractivity contribution in [1.82, 2.24) is 15.1 Å². The summed E-state index contributed by atoms with van der Waals surface area (Å²) >= 11 is 0. The van der Waals surface area contributed by atoms with Gasteiger partial charge in [-0.05, 0) is 40.5 Å². The molecule has 130 valence electrons. The van der Waals surface area contributed by atoms with Crippen LogP contribution in [0.4, 0.5) is 4.39 Å². The van der Waals surface area contributed by atoms with Crippen molar-refractivity contribution in [2.45, 2.75) is 76.8 Å². The van der Waals surface area contributed by atoms with Crippen LogP contribution >= 0.6 is 0 Å². The summed E-state index contributed by atoms with van der Waals surface area (Å²) in [4.78, 5) is 16.1. The maximum Gasteiger partial charge on any atom is 0.237 e. The highest BCUT2D eigenvalue weighted by molar-refractivity contribution is 5.79. The fourth-order valence-electron chi connectivity index (χ4n) is 3.67. The Morgan fingerprint density at radius 3 is 2.52 bits per heavy atom. The first-order chi connectivity index (χ1) is 10.7. The van der Waals surface area contributed by atoms with Gasteiger partial charge >= 0.3 is 0 Å². The van der Waals surface area contributed by atoms with E-state index < -0.39 is 12.2 Å². The number of rotatable bonds is 5. The van der Waals surface area contributed by atoms with Gasteiger partial charge in [-0.2, -0.15) is 5.26 Å². The van der Waals surface area contributed by atoms with Crippen molar-refractivity contribution in [3.63, 3.8) is 0 Å². The maximum absolute atomic E-state index is 13.4. The average molecular weight is 324 g/mol. The lowest BCUT2D eigenvalue weighted by Gasteiger charge is -2.36. The van der Waals surface area contributed by atoms with Crippen molar-refractivity contribution in [3.05, 3.63) is 0 Å². The van der Waals surface area contributed by atoms with Crippen LogP contribution in [-0.2, 0) is 4.79 Å². The quantitative estimate of drug-likeness (QED) is 0.836. The van der Waals surface area contributed by atoms with Crippen LogP contribution in [0.1, 0.15) is 47.0 Å². The highest BCUT2D eigenvalue weighted by atomic mass is 19.1. The Hall–Kier alpha value is -1.19. The molecule has 0 aromatic heterocycles. The van der Waals surface area contributed by atoms with Gasteiger partial charge in [-0.25, -0.2) is 4.39 Å². The van der Waals surface area contributed by atoms with E-state index in [0.29, 0.717) is 12.1 Å². The van der Waals surface area contributed by atoms with Gasteiger partial charge in [-0.1, -0.05) is 0 Å². The summed E-state index contributed by atoms with van der Waals surface area (Å²) in [6.45, 7) is 9.72. The molecule has 0 radical (unpaired) electrons. The van der Waals surface area contributed by atoms with Crippen molar-refractivity contribution in [2.75, 3.05) is 19.6 Å². The smallest absolute Gasteiger partial charge is 0.237 e. The standard InChI is InChI=1S/C17H29FN4O/c1-12-5-6-13(2)22(12)11-17(3,4)20-9-16(23)21-10-14(18)7-15(21)8-19/h12-15,20H,5-7,9-11H2,1-4H3/t12-,13-,14-,15-/m0/s1. The van der Waals surface area contributed by atoms with Crippen LogP contribution in [0.15, 0.2) is 0 Å². The third-order valence-electron chi connectivity index (χ3n) is 5.15. The Morgan fingerprint density at radius 2 is 1.96 bits per heavy atom. The number of hydrogen-bond donors (Lipinski definition) is 1. The van der Waals surface area contributed by atoms with Crippen molar-refractivity contribution < 1.29 is 9.18 Å². The monoisotopic (exact) mass is 324 g/mol. The second-order valence-corrected chi connectivity index (χ2v) is 7.71. The SMILES string of the molecule is C[C@H]1CC[C@H](C)N1CC(C)(C)NCC(=O)N1C[C@@H](F)C[C@H]1C#N. The Bertz CT molecular complexity index is 466. The largest absolute Gasteiger partial charge is 0.323 e. The van der Waals surface area contributed by atoms with Gasteiger partial charge in [0.2, 0.25) is 5.91 Å². The van der Waals surface area contributed by atoms with Crippen LogP contribution in [0.25, 0.3) is 0 Å². The van der Waals surface area contributed by atoms with Gasteiger partial charge in [0.1, 0.15) is 12.2 Å². The number of carbonyl (C=O) groups excluding carboxylic acids is 1. The number of nitriles is 1. The number of carbonyl (C=O) groups is 1. The van der Waals surface area contributed by atoms with Crippen LogP contribution in [-0.4, -0.2) is 65.2 Å². The van der Waals surface area contributed by atoms with Gasteiger partial charge in [-0.3, -0.25) is 9.69 Å². The summed E-state index contributed by atoms with van der Waals surface area (Å²) in [5.41, 5.74) is -0.209. The van der Waals surface area contributed by atoms with Crippen LogP contribution in [0.5, 0.6) is 0 Å². The molecular formula is C17H29FN4O. The molecule has 0 saturated carbocycles. The number of nitrogens with zero attached hydrogens (tertiary/aromatic N) is 3. The van der Waals surface area contributed by atoms with Crippen molar-refractivity contribution in [2.24, 2.45) is 0 Å². The van der Waals surface area contributed by atoms with E-state index in [4.69, 9.17) is 5.26 Å². The maximum atomic E-state index is 13.4. The number of alkyl halides is 1. The molecule has 0 aliphatic carbocycles. The predicted molar refractivity (Wildman–Crippen MR) is 87.6 cm³/mol. The zero-order chi connectivity index (χ0) is 17.2. The highest BCUT2D eigenvalue weighted by Gasteiger charge is 2.36. The number of likely N-dealkylation sites (tertiary alicyclic amines) is 2. The summed E-state index contributed by atoms with van der Waals surface area (Å²) in [6, 6.07) is 2.53. The number of halogens is 1. The lowest BCUT2D eigenvalue weighted by Crippen LogP contribution is -2.54. The molecule has 6 heteroatoms. The molecular weight excluding hydrogens is 295 g/mol.